The third-order valence-electron chi connectivity index (χ3n) is 4.14. The molecule has 4 rings (SSSR count). The van der Waals surface area contributed by atoms with Crippen LogP contribution < -0.4 is 9.64 Å². The summed E-state index contributed by atoms with van der Waals surface area (Å²) in [5.41, 5.74) is 2.04. The van der Waals surface area contributed by atoms with Gasteiger partial charge in [-0.2, -0.15) is 5.10 Å². The molecule has 7 nitrogen and oxygen atoms in total. The van der Waals surface area contributed by atoms with Crippen molar-refractivity contribution in [3.63, 3.8) is 0 Å². The van der Waals surface area contributed by atoms with Crippen LogP contribution in [0.25, 0.3) is 10.2 Å². The van der Waals surface area contributed by atoms with E-state index >= 15 is 0 Å². The second-order valence-corrected chi connectivity index (χ2v) is 7.17. The first-order chi connectivity index (χ1) is 13.7. The second kappa shape index (κ2) is 7.77. The number of anilines is 1. The Morgan fingerprint density at radius 2 is 2.14 bits per heavy atom. The number of ether oxygens (including phenoxy) is 1. The van der Waals surface area contributed by atoms with Crippen LogP contribution in [-0.2, 0) is 13.6 Å². The summed E-state index contributed by atoms with van der Waals surface area (Å²) in [6.07, 6.45) is 5.21. The molecule has 0 N–H and O–H groups in total. The predicted molar refractivity (Wildman–Crippen MR) is 109 cm³/mol. The van der Waals surface area contributed by atoms with Gasteiger partial charge in [0.15, 0.2) is 10.8 Å². The number of fused-ring (bicyclic) bond motifs is 1. The van der Waals surface area contributed by atoms with Gasteiger partial charge in [-0.3, -0.25) is 19.4 Å². The number of rotatable bonds is 6. The van der Waals surface area contributed by atoms with Crippen molar-refractivity contribution in [3.05, 3.63) is 66.2 Å². The summed E-state index contributed by atoms with van der Waals surface area (Å²) in [4.78, 5) is 23.7. The van der Waals surface area contributed by atoms with E-state index in [9.17, 15) is 4.79 Å². The number of pyridine rings is 1. The van der Waals surface area contributed by atoms with E-state index in [1.54, 1.807) is 41.3 Å². The molecule has 0 unspecified atom stereocenters. The van der Waals surface area contributed by atoms with E-state index in [2.05, 4.69) is 10.1 Å². The molecule has 1 amide bonds. The minimum atomic E-state index is -0.207. The lowest BCUT2D eigenvalue weighted by Crippen LogP contribution is -2.30. The zero-order valence-corrected chi connectivity index (χ0v) is 16.4. The zero-order chi connectivity index (χ0) is 19.5. The van der Waals surface area contributed by atoms with Gasteiger partial charge in [0, 0.05) is 25.6 Å². The average Bonchev–Trinajstić information content (AvgIpc) is 3.33. The number of hydrogen-bond acceptors (Lipinski definition) is 6. The van der Waals surface area contributed by atoms with Crippen LogP contribution in [0.15, 0.2) is 55.0 Å². The SMILES string of the molecule is CCOc1cccc2sc(N(Cc3cccnc3)C(=O)c3ccn(C)n3)nc12. The van der Waals surface area contributed by atoms with Crippen LogP contribution in [0, 0.1) is 0 Å². The lowest BCUT2D eigenvalue weighted by atomic mass is 10.2. The van der Waals surface area contributed by atoms with Gasteiger partial charge in [0.1, 0.15) is 11.3 Å². The molecule has 3 heterocycles. The number of thiazole rings is 1. The van der Waals surface area contributed by atoms with Crippen molar-refractivity contribution in [1.29, 1.82) is 0 Å². The van der Waals surface area contributed by atoms with E-state index in [1.165, 1.54) is 11.3 Å². The number of benzene rings is 1. The van der Waals surface area contributed by atoms with Crippen LogP contribution in [0.2, 0.25) is 0 Å². The highest BCUT2D eigenvalue weighted by Crippen LogP contribution is 2.35. The Balaban J connectivity index is 1.77. The molecule has 3 aromatic heterocycles. The Morgan fingerprint density at radius 1 is 1.25 bits per heavy atom. The monoisotopic (exact) mass is 393 g/mol. The maximum Gasteiger partial charge on any atom is 0.280 e. The molecule has 0 spiro atoms. The second-order valence-electron chi connectivity index (χ2n) is 6.16. The molecular formula is C20H19N5O2S. The summed E-state index contributed by atoms with van der Waals surface area (Å²) in [6.45, 7) is 2.84. The Kier molecular flexibility index (Phi) is 5.03. The number of hydrogen-bond donors (Lipinski definition) is 0. The number of carbonyl (C=O) groups is 1. The summed E-state index contributed by atoms with van der Waals surface area (Å²) in [7, 11) is 1.79. The minimum absolute atomic E-state index is 0.207. The molecule has 1 aromatic carbocycles. The minimum Gasteiger partial charge on any atom is -0.492 e. The molecule has 0 atom stereocenters. The van der Waals surface area contributed by atoms with E-state index < -0.39 is 0 Å². The fraction of sp³-hybridized carbons (Fsp3) is 0.200. The van der Waals surface area contributed by atoms with E-state index in [1.807, 2.05) is 37.3 Å². The lowest BCUT2D eigenvalue weighted by Gasteiger charge is -2.18. The normalized spacial score (nSPS) is 10.9. The van der Waals surface area contributed by atoms with Gasteiger partial charge in [-0.1, -0.05) is 23.5 Å². The van der Waals surface area contributed by atoms with Crippen LogP contribution >= 0.6 is 11.3 Å². The molecule has 4 aromatic rings. The summed E-state index contributed by atoms with van der Waals surface area (Å²) in [5, 5.41) is 4.86. The quantitative estimate of drug-likeness (QED) is 0.500. The molecule has 0 aliphatic heterocycles. The van der Waals surface area contributed by atoms with Crippen molar-refractivity contribution >= 4 is 32.6 Å². The number of nitrogens with zero attached hydrogens (tertiary/aromatic N) is 5. The molecule has 0 fully saturated rings. The Hall–Kier alpha value is -3.26. The van der Waals surface area contributed by atoms with Gasteiger partial charge in [0.2, 0.25) is 0 Å². The molecule has 0 saturated heterocycles. The van der Waals surface area contributed by atoms with Crippen molar-refractivity contribution in [1.82, 2.24) is 19.7 Å². The zero-order valence-electron chi connectivity index (χ0n) is 15.6. The molecule has 0 saturated carbocycles. The summed E-state index contributed by atoms with van der Waals surface area (Å²) in [6, 6.07) is 11.3. The molecule has 0 aliphatic rings. The molecule has 142 valence electrons. The van der Waals surface area contributed by atoms with Gasteiger partial charge in [0.05, 0.1) is 17.9 Å². The fourth-order valence-electron chi connectivity index (χ4n) is 2.87. The van der Waals surface area contributed by atoms with Gasteiger partial charge in [-0.05, 0) is 36.8 Å². The number of amides is 1. The van der Waals surface area contributed by atoms with Crippen molar-refractivity contribution in [3.8, 4) is 5.75 Å². The van der Waals surface area contributed by atoms with E-state index in [0.29, 0.717) is 29.7 Å². The third kappa shape index (κ3) is 3.59. The third-order valence-corrected chi connectivity index (χ3v) is 5.19. The highest BCUT2D eigenvalue weighted by molar-refractivity contribution is 7.22. The molecule has 0 aliphatic carbocycles. The Labute approximate surface area is 166 Å². The molecule has 0 radical (unpaired) electrons. The number of aryl methyl sites for hydroxylation is 1. The first kappa shape index (κ1) is 18.1. The highest BCUT2D eigenvalue weighted by Gasteiger charge is 2.24. The first-order valence-electron chi connectivity index (χ1n) is 8.88. The van der Waals surface area contributed by atoms with E-state index in [-0.39, 0.29) is 5.91 Å². The van der Waals surface area contributed by atoms with Crippen LogP contribution in [-0.4, -0.2) is 32.3 Å². The summed E-state index contributed by atoms with van der Waals surface area (Å²) < 4.78 is 8.27. The van der Waals surface area contributed by atoms with Gasteiger partial charge < -0.3 is 4.74 Å². The number of para-hydroxylation sites is 1. The average molecular weight is 393 g/mol. The standard InChI is InChI=1S/C20H19N5O2S/c1-3-27-16-7-4-8-17-18(16)22-20(28-17)25(13-14-6-5-10-21-12-14)19(26)15-9-11-24(2)23-15/h4-12H,3,13H2,1-2H3. The first-order valence-corrected chi connectivity index (χ1v) is 9.70. The molecule has 0 bridgehead atoms. The Morgan fingerprint density at radius 3 is 2.86 bits per heavy atom. The fourth-order valence-corrected chi connectivity index (χ4v) is 3.85. The van der Waals surface area contributed by atoms with Crippen molar-refractivity contribution in [2.75, 3.05) is 11.5 Å². The van der Waals surface area contributed by atoms with Gasteiger partial charge >= 0.3 is 0 Å². The topological polar surface area (TPSA) is 73.1 Å². The van der Waals surface area contributed by atoms with E-state index in [4.69, 9.17) is 9.72 Å². The molecule has 8 heteroatoms. The number of carbonyl (C=O) groups excluding carboxylic acids is 1. The molecule has 28 heavy (non-hydrogen) atoms. The smallest absolute Gasteiger partial charge is 0.280 e. The van der Waals surface area contributed by atoms with Crippen LogP contribution in [0.1, 0.15) is 23.0 Å². The van der Waals surface area contributed by atoms with Crippen molar-refractivity contribution in [2.24, 2.45) is 7.05 Å². The summed E-state index contributed by atoms with van der Waals surface area (Å²) in [5.74, 6) is 0.510. The maximum absolute atomic E-state index is 13.2. The van der Waals surface area contributed by atoms with Gasteiger partial charge in [0.25, 0.3) is 5.91 Å². The van der Waals surface area contributed by atoms with Crippen LogP contribution in [0.4, 0.5) is 5.13 Å². The van der Waals surface area contributed by atoms with Crippen molar-refractivity contribution in [2.45, 2.75) is 13.5 Å². The largest absolute Gasteiger partial charge is 0.492 e. The van der Waals surface area contributed by atoms with Crippen LogP contribution in [0.5, 0.6) is 5.75 Å². The van der Waals surface area contributed by atoms with Gasteiger partial charge in [-0.25, -0.2) is 4.98 Å². The number of aromatic nitrogens is 4. The summed E-state index contributed by atoms with van der Waals surface area (Å²) >= 11 is 1.45. The van der Waals surface area contributed by atoms with Crippen molar-refractivity contribution < 1.29 is 9.53 Å². The van der Waals surface area contributed by atoms with E-state index in [0.717, 1.165) is 15.8 Å². The highest BCUT2D eigenvalue weighted by atomic mass is 32.1. The lowest BCUT2D eigenvalue weighted by molar-refractivity contribution is 0.0979. The van der Waals surface area contributed by atoms with Gasteiger partial charge in [-0.15, -0.1) is 0 Å². The van der Waals surface area contributed by atoms with Crippen LogP contribution in [0.3, 0.4) is 0 Å². The molecular weight excluding hydrogens is 374 g/mol. The predicted octanol–water partition coefficient (Wildman–Crippen LogP) is 3.67. The maximum atomic E-state index is 13.2. The Bertz CT molecular complexity index is 1110.